The Balaban J connectivity index is 2.16. The van der Waals surface area contributed by atoms with Gasteiger partial charge in [-0.05, 0) is 6.42 Å². The molecule has 2 aromatic rings. The summed E-state index contributed by atoms with van der Waals surface area (Å²) >= 11 is 0. The fourth-order valence-electron chi connectivity index (χ4n) is 2.06. The number of nitrogens with one attached hydrogen (secondary N) is 2. The van der Waals surface area contributed by atoms with Gasteiger partial charge in [-0.1, -0.05) is 20.8 Å². The van der Waals surface area contributed by atoms with Crippen molar-refractivity contribution in [3.8, 4) is 0 Å². The molecule has 2 rings (SSSR count). The van der Waals surface area contributed by atoms with Crippen LogP contribution in [-0.4, -0.2) is 19.7 Å². The summed E-state index contributed by atoms with van der Waals surface area (Å²) < 4.78 is 1.81. The van der Waals surface area contributed by atoms with Crippen LogP contribution in [0.25, 0.3) is 0 Å². The molecule has 6 heteroatoms. The molecular weight excluding hydrogens is 254 g/mol. The van der Waals surface area contributed by atoms with Crippen LogP contribution in [0.5, 0.6) is 0 Å². The second-order valence-corrected chi connectivity index (χ2v) is 5.15. The van der Waals surface area contributed by atoms with E-state index < -0.39 is 0 Å². The van der Waals surface area contributed by atoms with Gasteiger partial charge in [-0.25, -0.2) is 4.98 Å². The van der Waals surface area contributed by atoms with E-state index in [0.29, 0.717) is 18.2 Å². The van der Waals surface area contributed by atoms with Gasteiger partial charge in [-0.15, -0.1) is 0 Å². The molecule has 2 aromatic heterocycles. The molecule has 0 radical (unpaired) electrons. The van der Waals surface area contributed by atoms with Crippen LogP contribution in [0.4, 0.5) is 5.82 Å². The van der Waals surface area contributed by atoms with Crippen LogP contribution in [0, 0.1) is 0 Å². The van der Waals surface area contributed by atoms with Gasteiger partial charge in [-0.3, -0.25) is 9.48 Å². The van der Waals surface area contributed by atoms with Gasteiger partial charge >= 0.3 is 0 Å². The van der Waals surface area contributed by atoms with Crippen molar-refractivity contribution in [3.63, 3.8) is 0 Å². The van der Waals surface area contributed by atoms with Gasteiger partial charge in [0, 0.05) is 37.3 Å². The van der Waals surface area contributed by atoms with Crippen LogP contribution in [0.2, 0.25) is 0 Å². The van der Waals surface area contributed by atoms with Gasteiger partial charge in [0.25, 0.3) is 5.56 Å². The maximum atomic E-state index is 11.6. The summed E-state index contributed by atoms with van der Waals surface area (Å²) in [6.45, 7) is 6.69. The summed E-state index contributed by atoms with van der Waals surface area (Å²) in [7, 11) is 1.91. The Morgan fingerprint density at radius 1 is 1.45 bits per heavy atom. The molecule has 0 aliphatic heterocycles. The molecule has 6 nitrogen and oxygen atoms in total. The van der Waals surface area contributed by atoms with Crippen LogP contribution in [-0.2, 0) is 20.0 Å². The van der Waals surface area contributed by atoms with Crippen LogP contribution in [0.1, 0.15) is 43.8 Å². The second-order valence-electron chi connectivity index (χ2n) is 5.15. The highest BCUT2D eigenvalue weighted by Crippen LogP contribution is 2.12. The third-order valence-corrected chi connectivity index (χ3v) is 3.09. The molecule has 0 saturated heterocycles. The Morgan fingerprint density at radius 2 is 2.20 bits per heavy atom. The Kier molecular flexibility index (Phi) is 4.22. The molecular formula is C14H21N5O. The van der Waals surface area contributed by atoms with Crippen LogP contribution in [0.3, 0.4) is 0 Å². The van der Waals surface area contributed by atoms with Crippen LogP contribution < -0.4 is 10.9 Å². The smallest absolute Gasteiger partial charge is 0.252 e. The van der Waals surface area contributed by atoms with Crippen molar-refractivity contribution in [1.82, 2.24) is 19.7 Å². The second kappa shape index (κ2) is 5.90. The van der Waals surface area contributed by atoms with Crippen molar-refractivity contribution >= 4 is 5.82 Å². The fourth-order valence-corrected chi connectivity index (χ4v) is 2.06. The monoisotopic (exact) mass is 275 g/mol. The highest BCUT2D eigenvalue weighted by atomic mass is 16.1. The van der Waals surface area contributed by atoms with E-state index in [0.717, 1.165) is 17.7 Å². The van der Waals surface area contributed by atoms with Gasteiger partial charge in [0.1, 0.15) is 11.6 Å². The Labute approximate surface area is 118 Å². The number of hydrogen-bond donors (Lipinski definition) is 2. The Hall–Kier alpha value is -2.11. The summed E-state index contributed by atoms with van der Waals surface area (Å²) in [5, 5.41) is 7.59. The number of aromatic nitrogens is 4. The van der Waals surface area contributed by atoms with E-state index in [-0.39, 0.29) is 11.5 Å². The number of rotatable bonds is 5. The van der Waals surface area contributed by atoms with Crippen molar-refractivity contribution in [3.05, 3.63) is 39.7 Å². The molecule has 0 unspecified atom stereocenters. The minimum atomic E-state index is -0.131. The van der Waals surface area contributed by atoms with Gasteiger partial charge in [-0.2, -0.15) is 5.10 Å². The zero-order chi connectivity index (χ0) is 14.7. The number of aryl methyl sites for hydroxylation is 2. The summed E-state index contributed by atoms with van der Waals surface area (Å²) in [5.41, 5.74) is 2.06. The molecule has 0 fully saturated rings. The molecule has 0 amide bonds. The summed E-state index contributed by atoms with van der Waals surface area (Å²) in [6, 6.07) is 1.48. The average Bonchev–Trinajstić information content (AvgIpc) is 2.76. The molecule has 0 atom stereocenters. The molecule has 20 heavy (non-hydrogen) atoms. The quantitative estimate of drug-likeness (QED) is 0.872. The van der Waals surface area contributed by atoms with E-state index in [1.165, 1.54) is 6.07 Å². The number of H-pyrrole nitrogens is 1. The van der Waals surface area contributed by atoms with E-state index in [1.54, 1.807) is 4.68 Å². The van der Waals surface area contributed by atoms with Gasteiger partial charge in [0.15, 0.2) is 0 Å². The summed E-state index contributed by atoms with van der Waals surface area (Å²) in [5.74, 6) is 1.49. The number of nitrogens with zero attached hydrogens (tertiary/aromatic N) is 3. The highest BCUT2D eigenvalue weighted by Gasteiger charge is 2.08. The Morgan fingerprint density at radius 3 is 2.85 bits per heavy atom. The van der Waals surface area contributed by atoms with E-state index in [9.17, 15) is 4.79 Å². The largest absolute Gasteiger partial charge is 0.366 e. The lowest BCUT2D eigenvalue weighted by molar-refractivity contribution is 0.746. The first-order chi connectivity index (χ1) is 9.49. The van der Waals surface area contributed by atoms with Crippen molar-refractivity contribution < 1.29 is 0 Å². The predicted octanol–water partition coefficient (Wildman–Crippen LogP) is 1.80. The van der Waals surface area contributed by atoms with Crippen molar-refractivity contribution in [2.24, 2.45) is 7.05 Å². The molecule has 0 saturated carbocycles. The standard InChI is InChI=1S/C14H21N5O/c1-5-11-10(8-19(4)18-11)7-15-12-6-13(20)17-14(16-12)9(2)3/h6,8-9H,5,7H2,1-4H3,(H2,15,16,17,20). The average molecular weight is 275 g/mol. The predicted molar refractivity (Wildman–Crippen MR) is 78.9 cm³/mol. The lowest BCUT2D eigenvalue weighted by Crippen LogP contribution is -2.14. The van der Waals surface area contributed by atoms with Gasteiger partial charge in [0.05, 0.1) is 5.69 Å². The normalized spacial score (nSPS) is 11.1. The van der Waals surface area contributed by atoms with Gasteiger partial charge < -0.3 is 10.3 Å². The summed E-state index contributed by atoms with van der Waals surface area (Å²) in [4.78, 5) is 18.8. The third-order valence-electron chi connectivity index (χ3n) is 3.09. The van der Waals surface area contributed by atoms with Crippen molar-refractivity contribution in [2.75, 3.05) is 5.32 Å². The molecule has 2 heterocycles. The minimum Gasteiger partial charge on any atom is -0.366 e. The maximum Gasteiger partial charge on any atom is 0.252 e. The topological polar surface area (TPSA) is 75.6 Å². The lowest BCUT2D eigenvalue weighted by atomic mass is 10.2. The van der Waals surface area contributed by atoms with E-state index in [2.05, 4.69) is 27.3 Å². The molecule has 0 spiro atoms. The minimum absolute atomic E-state index is 0.131. The van der Waals surface area contributed by atoms with Crippen molar-refractivity contribution in [2.45, 2.75) is 39.7 Å². The third kappa shape index (κ3) is 3.26. The molecule has 0 aliphatic carbocycles. The SMILES string of the molecule is CCc1nn(C)cc1CNc1cc(=O)[nH]c(C(C)C)n1. The van der Waals surface area contributed by atoms with Gasteiger partial charge in [0.2, 0.25) is 0 Å². The number of aromatic amines is 1. The number of anilines is 1. The van der Waals surface area contributed by atoms with Crippen LogP contribution in [0.15, 0.2) is 17.1 Å². The number of hydrogen-bond acceptors (Lipinski definition) is 4. The molecule has 2 N–H and O–H groups in total. The zero-order valence-electron chi connectivity index (χ0n) is 12.4. The maximum absolute atomic E-state index is 11.6. The molecule has 0 bridgehead atoms. The zero-order valence-corrected chi connectivity index (χ0v) is 12.4. The molecule has 108 valence electrons. The van der Waals surface area contributed by atoms with Crippen molar-refractivity contribution in [1.29, 1.82) is 0 Å². The first-order valence-electron chi connectivity index (χ1n) is 6.86. The lowest BCUT2D eigenvalue weighted by Gasteiger charge is -2.08. The van der Waals surface area contributed by atoms with Crippen LogP contribution >= 0.6 is 0 Å². The Bertz CT molecular complexity index is 641. The molecule has 0 aromatic carbocycles. The fraction of sp³-hybridized carbons (Fsp3) is 0.500. The first kappa shape index (κ1) is 14.3. The van der Waals surface area contributed by atoms with E-state index >= 15 is 0 Å². The van der Waals surface area contributed by atoms with E-state index in [1.807, 2.05) is 27.1 Å². The first-order valence-corrected chi connectivity index (χ1v) is 6.86. The summed E-state index contributed by atoms with van der Waals surface area (Å²) in [6.07, 6.45) is 2.88. The van der Waals surface area contributed by atoms with E-state index in [4.69, 9.17) is 0 Å². The molecule has 0 aliphatic rings. The highest BCUT2D eigenvalue weighted by molar-refractivity contribution is 5.35.